The Morgan fingerprint density at radius 1 is 1.00 bits per heavy atom. The summed E-state index contributed by atoms with van der Waals surface area (Å²) >= 11 is 12.1. The molecular weight excluding hydrogens is 400 g/mol. The maximum atomic E-state index is 13.0. The summed E-state index contributed by atoms with van der Waals surface area (Å²) in [7, 11) is 0. The van der Waals surface area contributed by atoms with E-state index < -0.39 is 17.9 Å². The van der Waals surface area contributed by atoms with Crippen LogP contribution in [0.5, 0.6) is 0 Å². The molecule has 0 aromatic heterocycles. The first-order valence-electron chi connectivity index (χ1n) is 8.48. The summed E-state index contributed by atoms with van der Waals surface area (Å²) in [6.45, 7) is 0.708. The Kier molecular flexibility index (Phi) is 4.61. The van der Waals surface area contributed by atoms with E-state index in [1.165, 1.54) is 12.1 Å². The number of amides is 1. The van der Waals surface area contributed by atoms with E-state index in [0.717, 1.165) is 25.0 Å². The lowest BCUT2D eigenvalue weighted by Crippen LogP contribution is -2.32. The van der Waals surface area contributed by atoms with Gasteiger partial charge in [-0.2, -0.15) is 13.2 Å². The molecule has 4 rings (SSSR count). The van der Waals surface area contributed by atoms with Crippen molar-refractivity contribution in [3.8, 4) is 0 Å². The second-order valence-corrected chi connectivity index (χ2v) is 7.51. The fourth-order valence-electron chi connectivity index (χ4n) is 3.86. The molecule has 2 heterocycles. The SMILES string of the molecule is O=C1[C@@H]2CCCN2[C@@H](c2ccc(C(F)(F)F)cc2)N1c1ccc(Cl)c(Cl)c1. The van der Waals surface area contributed by atoms with Crippen LogP contribution in [0.4, 0.5) is 18.9 Å². The number of nitrogens with zero attached hydrogens (tertiary/aromatic N) is 2. The number of benzene rings is 2. The summed E-state index contributed by atoms with van der Waals surface area (Å²) in [6.07, 6.45) is -3.26. The third-order valence-electron chi connectivity index (χ3n) is 5.09. The molecule has 2 saturated heterocycles. The Bertz CT molecular complexity index is 886. The lowest BCUT2D eigenvalue weighted by molar-refractivity contribution is -0.137. The van der Waals surface area contributed by atoms with Crippen molar-refractivity contribution in [1.29, 1.82) is 0 Å². The Hall–Kier alpha value is -1.76. The van der Waals surface area contributed by atoms with E-state index in [4.69, 9.17) is 23.2 Å². The highest BCUT2D eigenvalue weighted by molar-refractivity contribution is 6.42. The van der Waals surface area contributed by atoms with Crippen LogP contribution in [0.3, 0.4) is 0 Å². The summed E-state index contributed by atoms with van der Waals surface area (Å²) < 4.78 is 38.7. The van der Waals surface area contributed by atoms with Gasteiger partial charge in [0.05, 0.1) is 21.7 Å². The Labute approximate surface area is 164 Å². The van der Waals surface area contributed by atoms with Gasteiger partial charge in [0.15, 0.2) is 0 Å². The normalized spacial score (nSPS) is 23.1. The molecule has 0 radical (unpaired) electrons. The second kappa shape index (κ2) is 6.69. The van der Waals surface area contributed by atoms with E-state index in [0.29, 0.717) is 27.8 Å². The van der Waals surface area contributed by atoms with E-state index in [9.17, 15) is 18.0 Å². The summed E-state index contributed by atoms with van der Waals surface area (Å²) in [6, 6.07) is 9.63. The molecule has 3 nitrogen and oxygen atoms in total. The molecule has 142 valence electrons. The van der Waals surface area contributed by atoms with Gasteiger partial charge in [-0.15, -0.1) is 0 Å². The van der Waals surface area contributed by atoms with Gasteiger partial charge in [-0.25, -0.2) is 0 Å². The van der Waals surface area contributed by atoms with Crippen molar-refractivity contribution in [2.45, 2.75) is 31.2 Å². The van der Waals surface area contributed by atoms with Crippen LogP contribution in [0.1, 0.15) is 30.1 Å². The molecule has 2 aromatic carbocycles. The smallest absolute Gasteiger partial charge is 0.290 e. The Morgan fingerprint density at radius 2 is 1.70 bits per heavy atom. The Morgan fingerprint density at radius 3 is 2.33 bits per heavy atom. The fraction of sp³-hybridized carbons (Fsp3) is 0.316. The van der Waals surface area contributed by atoms with E-state index >= 15 is 0 Å². The third-order valence-corrected chi connectivity index (χ3v) is 5.83. The minimum atomic E-state index is -4.40. The van der Waals surface area contributed by atoms with Gasteiger partial charge in [0, 0.05) is 12.2 Å². The van der Waals surface area contributed by atoms with Crippen molar-refractivity contribution in [1.82, 2.24) is 4.90 Å². The minimum Gasteiger partial charge on any atom is -0.290 e. The van der Waals surface area contributed by atoms with Gasteiger partial charge in [-0.3, -0.25) is 14.6 Å². The topological polar surface area (TPSA) is 23.6 Å². The maximum absolute atomic E-state index is 13.0. The van der Waals surface area contributed by atoms with E-state index in [2.05, 4.69) is 0 Å². The molecule has 1 amide bonds. The van der Waals surface area contributed by atoms with Gasteiger partial charge in [-0.1, -0.05) is 35.3 Å². The molecule has 2 atom stereocenters. The highest BCUT2D eigenvalue weighted by atomic mass is 35.5. The van der Waals surface area contributed by atoms with Gasteiger partial charge < -0.3 is 0 Å². The van der Waals surface area contributed by atoms with Crippen LogP contribution in [0, 0.1) is 0 Å². The number of carbonyl (C=O) groups excluding carboxylic acids is 1. The Balaban J connectivity index is 1.77. The standard InChI is InChI=1S/C19H15Cl2F3N2O/c20-14-8-7-13(10-15(14)21)26-17(25-9-1-2-16(25)18(26)27)11-3-5-12(6-4-11)19(22,23)24/h3-8,10,16-17H,1-2,9H2/t16-,17+/m0/s1. The molecule has 2 aliphatic rings. The van der Waals surface area contributed by atoms with Gasteiger partial charge in [-0.05, 0) is 48.7 Å². The van der Waals surface area contributed by atoms with Crippen molar-refractivity contribution in [2.75, 3.05) is 11.4 Å². The monoisotopic (exact) mass is 414 g/mol. The van der Waals surface area contributed by atoms with Crippen LogP contribution in [-0.4, -0.2) is 23.4 Å². The largest absolute Gasteiger partial charge is 0.416 e. The number of hydrogen-bond donors (Lipinski definition) is 0. The number of rotatable bonds is 2. The summed E-state index contributed by atoms with van der Waals surface area (Å²) in [5.41, 5.74) is 0.496. The molecule has 0 saturated carbocycles. The van der Waals surface area contributed by atoms with Crippen LogP contribution in [0.2, 0.25) is 10.0 Å². The summed E-state index contributed by atoms with van der Waals surface area (Å²) in [5, 5.41) is 0.693. The zero-order valence-electron chi connectivity index (χ0n) is 14.0. The first-order valence-corrected chi connectivity index (χ1v) is 9.24. The van der Waals surface area contributed by atoms with E-state index in [-0.39, 0.29) is 11.9 Å². The number of hydrogen-bond acceptors (Lipinski definition) is 2. The first-order chi connectivity index (χ1) is 12.8. The molecule has 0 N–H and O–H groups in total. The molecule has 27 heavy (non-hydrogen) atoms. The molecule has 2 aliphatic heterocycles. The number of carbonyl (C=O) groups is 1. The van der Waals surface area contributed by atoms with Crippen LogP contribution in [0.15, 0.2) is 42.5 Å². The lowest BCUT2D eigenvalue weighted by Gasteiger charge is -2.30. The quantitative estimate of drug-likeness (QED) is 0.645. The average Bonchev–Trinajstić information content (AvgIpc) is 3.19. The second-order valence-electron chi connectivity index (χ2n) is 6.70. The van der Waals surface area contributed by atoms with E-state index in [1.54, 1.807) is 23.1 Å². The van der Waals surface area contributed by atoms with Crippen molar-refractivity contribution >= 4 is 34.8 Å². The molecule has 0 aliphatic carbocycles. The van der Waals surface area contributed by atoms with Gasteiger partial charge in [0.25, 0.3) is 0 Å². The predicted molar refractivity (Wildman–Crippen MR) is 97.9 cm³/mol. The molecule has 8 heteroatoms. The zero-order valence-corrected chi connectivity index (χ0v) is 15.5. The van der Waals surface area contributed by atoms with Crippen molar-refractivity contribution in [3.63, 3.8) is 0 Å². The number of anilines is 1. The van der Waals surface area contributed by atoms with Crippen LogP contribution < -0.4 is 4.90 Å². The third kappa shape index (κ3) is 3.20. The van der Waals surface area contributed by atoms with Gasteiger partial charge in [0.2, 0.25) is 5.91 Å². The predicted octanol–water partition coefficient (Wildman–Crippen LogP) is 5.52. The minimum absolute atomic E-state index is 0.0733. The van der Waals surface area contributed by atoms with Crippen molar-refractivity contribution in [2.24, 2.45) is 0 Å². The molecule has 2 fully saturated rings. The van der Waals surface area contributed by atoms with Gasteiger partial charge >= 0.3 is 6.18 Å². The zero-order chi connectivity index (χ0) is 19.3. The first kappa shape index (κ1) is 18.6. The lowest BCUT2D eigenvalue weighted by atomic mass is 10.1. The number of alkyl halides is 3. The molecular formula is C19H15Cl2F3N2O. The van der Waals surface area contributed by atoms with Crippen molar-refractivity contribution in [3.05, 3.63) is 63.6 Å². The highest BCUT2D eigenvalue weighted by Gasteiger charge is 2.49. The maximum Gasteiger partial charge on any atom is 0.416 e. The van der Waals surface area contributed by atoms with E-state index in [1.807, 2.05) is 4.90 Å². The average molecular weight is 415 g/mol. The summed E-state index contributed by atoms with van der Waals surface area (Å²) in [5.74, 6) is -0.0733. The van der Waals surface area contributed by atoms with Gasteiger partial charge in [0.1, 0.15) is 6.17 Å². The molecule has 0 spiro atoms. The molecule has 2 aromatic rings. The van der Waals surface area contributed by atoms with Crippen LogP contribution >= 0.6 is 23.2 Å². The highest BCUT2D eigenvalue weighted by Crippen LogP contribution is 2.44. The van der Waals surface area contributed by atoms with Crippen molar-refractivity contribution < 1.29 is 18.0 Å². The number of halogens is 5. The molecule has 0 unspecified atom stereocenters. The summed E-state index contributed by atoms with van der Waals surface area (Å²) in [4.78, 5) is 16.7. The molecule has 0 bridgehead atoms. The number of fused-ring (bicyclic) bond motifs is 1. The van der Waals surface area contributed by atoms with Crippen LogP contribution in [-0.2, 0) is 11.0 Å². The fourth-order valence-corrected chi connectivity index (χ4v) is 4.16. The van der Waals surface area contributed by atoms with Crippen LogP contribution in [0.25, 0.3) is 0 Å².